The van der Waals surface area contributed by atoms with E-state index in [1.807, 2.05) is 0 Å². The van der Waals surface area contributed by atoms with Gasteiger partial charge in [-0.3, -0.25) is 5.43 Å². The van der Waals surface area contributed by atoms with Gasteiger partial charge in [0.2, 0.25) is 0 Å². The van der Waals surface area contributed by atoms with Crippen molar-refractivity contribution in [2.75, 3.05) is 0 Å². The first-order valence-electron chi connectivity index (χ1n) is 4.65. The van der Waals surface area contributed by atoms with Gasteiger partial charge in [-0.1, -0.05) is 13.8 Å². The van der Waals surface area contributed by atoms with Crippen LogP contribution in [-0.2, 0) is 0 Å². The fourth-order valence-corrected chi connectivity index (χ4v) is 1.62. The van der Waals surface area contributed by atoms with E-state index in [-0.39, 0.29) is 0 Å². The van der Waals surface area contributed by atoms with Crippen LogP contribution in [0.4, 0.5) is 0 Å². The van der Waals surface area contributed by atoms with Crippen LogP contribution in [0.15, 0.2) is 5.10 Å². The highest BCUT2D eigenvalue weighted by Gasteiger charge is 2.27. The molecule has 0 aromatic rings. The Bertz CT molecular complexity index is 184. The first-order chi connectivity index (χ1) is 5.54. The van der Waals surface area contributed by atoms with Gasteiger partial charge < -0.3 is 4.90 Å². The lowest BCUT2D eigenvalue weighted by Crippen LogP contribution is -2.44. The molecule has 0 spiro atoms. The van der Waals surface area contributed by atoms with Crippen molar-refractivity contribution < 1.29 is 0 Å². The third-order valence-electron chi connectivity index (χ3n) is 2.12. The van der Waals surface area contributed by atoms with E-state index in [0.717, 1.165) is 0 Å². The first kappa shape index (κ1) is 9.36. The van der Waals surface area contributed by atoms with E-state index < -0.39 is 0 Å². The van der Waals surface area contributed by atoms with Gasteiger partial charge in [0, 0.05) is 12.0 Å². The average molecular weight is 169 g/mol. The van der Waals surface area contributed by atoms with Crippen molar-refractivity contribution in [3.8, 4) is 0 Å². The molecule has 1 heterocycles. The third kappa shape index (κ3) is 1.54. The normalized spacial score (nSPS) is 23.4. The summed E-state index contributed by atoms with van der Waals surface area (Å²) >= 11 is 0. The van der Waals surface area contributed by atoms with Gasteiger partial charge in [0.1, 0.15) is 12.0 Å². The van der Waals surface area contributed by atoms with Crippen LogP contribution < -0.4 is 5.43 Å². The van der Waals surface area contributed by atoms with Gasteiger partial charge in [0.05, 0.1) is 0 Å². The fraction of sp³-hybridized carbons (Fsp3) is 0.889. The van der Waals surface area contributed by atoms with Crippen LogP contribution in [0.3, 0.4) is 0 Å². The molecule has 0 fully saturated rings. The standard InChI is InChI=1S/C9H19N3/c1-6(2)9-11-10-8(5)12(9)7(3)4/h6-8,10H,1-5H3. The molecule has 1 aliphatic heterocycles. The smallest absolute Gasteiger partial charge is 0.129 e. The van der Waals surface area contributed by atoms with Crippen LogP contribution in [-0.4, -0.2) is 22.9 Å². The molecule has 0 amide bonds. The topological polar surface area (TPSA) is 27.6 Å². The van der Waals surface area contributed by atoms with Gasteiger partial charge >= 0.3 is 0 Å². The molecule has 0 bridgehead atoms. The van der Waals surface area contributed by atoms with Crippen LogP contribution in [0.25, 0.3) is 0 Å². The number of rotatable bonds is 2. The Hall–Kier alpha value is -0.730. The molecule has 3 heteroatoms. The summed E-state index contributed by atoms with van der Waals surface area (Å²) in [7, 11) is 0. The molecule has 1 rings (SSSR count). The van der Waals surface area contributed by atoms with Gasteiger partial charge in [0.15, 0.2) is 0 Å². The maximum Gasteiger partial charge on any atom is 0.129 e. The minimum absolute atomic E-state index is 0.349. The minimum Gasteiger partial charge on any atom is -0.335 e. The molecule has 1 unspecified atom stereocenters. The van der Waals surface area contributed by atoms with Crippen LogP contribution in [0.1, 0.15) is 34.6 Å². The van der Waals surface area contributed by atoms with Gasteiger partial charge in [-0.05, 0) is 20.8 Å². The van der Waals surface area contributed by atoms with E-state index in [0.29, 0.717) is 18.1 Å². The lowest BCUT2D eigenvalue weighted by molar-refractivity contribution is 0.264. The highest BCUT2D eigenvalue weighted by molar-refractivity contribution is 5.85. The van der Waals surface area contributed by atoms with E-state index in [4.69, 9.17) is 0 Å². The predicted octanol–water partition coefficient (Wildman–Crippen LogP) is 1.62. The van der Waals surface area contributed by atoms with E-state index in [2.05, 4.69) is 50.0 Å². The number of hydrazone groups is 1. The van der Waals surface area contributed by atoms with E-state index in [9.17, 15) is 0 Å². The molecule has 0 aromatic carbocycles. The molecule has 1 aliphatic rings. The predicted molar refractivity (Wildman–Crippen MR) is 51.8 cm³/mol. The molecular weight excluding hydrogens is 150 g/mol. The Morgan fingerprint density at radius 2 is 1.92 bits per heavy atom. The number of hydrogen-bond donors (Lipinski definition) is 1. The molecule has 0 aliphatic carbocycles. The number of hydrogen-bond acceptors (Lipinski definition) is 3. The highest BCUT2D eigenvalue weighted by atomic mass is 15.5. The molecule has 1 atom stereocenters. The lowest BCUT2D eigenvalue weighted by Gasteiger charge is -2.30. The van der Waals surface area contributed by atoms with Gasteiger partial charge in [-0.15, -0.1) is 0 Å². The maximum atomic E-state index is 4.31. The summed E-state index contributed by atoms with van der Waals surface area (Å²) in [5.41, 5.74) is 3.10. The Balaban J connectivity index is 2.74. The van der Waals surface area contributed by atoms with Crippen LogP contribution >= 0.6 is 0 Å². The third-order valence-corrected chi connectivity index (χ3v) is 2.12. The number of nitrogens with one attached hydrogen (secondary N) is 1. The van der Waals surface area contributed by atoms with Crippen molar-refractivity contribution >= 4 is 5.84 Å². The fourth-order valence-electron chi connectivity index (χ4n) is 1.62. The zero-order valence-electron chi connectivity index (χ0n) is 8.63. The van der Waals surface area contributed by atoms with E-state index in [1.165, 1.54) is 5.84 Å². The monoisotopic (exact) mass is 169 g/mol. The second-order valence-electron chi connectivity index (χ2n) is 3.93. The lowest BCUT2D eigenvalue weighted by atomic mass is 10.1. The number of amidine groups is 1. The van der Waals surface area contributed by atoms with Crippen LogP contribution in [0.2, 0.25) is 0 Å². The molecule has 3 nitrogen and oxygen atoms in total. The SMILES string of the molecule is CC(C)C1=NNC(C)N1C(C)C. The highest BCUT2D eigenvalue weighted by Crippen LogP contribution is 2.15. The molecule has 70 valence electrons. The molecule has 0 radical (unpaired) electrons. The molecule has 1 N–H and O–H groups in total. The van der Waals surface area contributed by atoms with Crippen molar-refractivity contribution in [1.29, 1.82) is 0 Å². The molecular formula is C9H19N3. The zero-order valence-corrected chi connectivity index (χ0v) is 8.63. The van der Waals surface area contributed by atoms with Gasteiger partial charge in [0.25, 0.3) is 0 Å². The average Bonchev–Trinajstić information content (AvgIpc) is 2.30. The van der Waals surface area contributed by atoms with Crippen molar-refractivity contribution in [2.45, 2.75) is 46.8 Å². The summed E-state index contributed by atoms with van der Waals surface area (Å²) in [5.74, 6) is 1.68. The van der Waals surface area contributed by atoms with Crippen molar-refractivity contribution in [1.82, 2.24) is 10.3 Å². The second-order valence-corrected chi connectivity index (χ2v) is 3.93. The van der Waals surface area contributed by atoms with Crippen molar-refractivity contribution in [2.24, 2.45) is 11.0 Å². The zero-order chi connectivity index (χ0) is 9.30. The van der Waals surface area contributed by atoms with Crippen LogP contribution in [0.5, 0.6) is 0 Å². The molecule has 0 saturated heterocycles. The molecule has 0 aromatic heterocycles. The molecule has 0 saturated carbocycles. The van der Waals surface area contributed by atoms with Crippen LogP contribution in [0, 0.1) is 5.92 Å². The van der Waals surface area contributed by atoms with Crippen molar-refractivity contribution in [3.05, 3.63) is 0 Å². The Labute approximate surface area is 74.8 Å². The van der Waals surface area contributed by atoms with Gasteiger partial charge in [-0.2, -0.15) is 5.10 Å². The van der Waals surface area contributed by atoms with Gasteiger partial charge in [-0.25, -0.2) is 0 Å². The van der Waals surface area contributed by atoms with E-state index >= 15 is 0 Å². The Kier molecular flexibility index (Phi) is 2.60. The summed E-state index contributed by atoms with van der Waals surface area (Å²) < 4.78 is 0. The summed E-state index contributed by atoms with van der Waals surface area (Å²) in [6, 6.07) is 0.524. The summed E-state index contributed by atoms with van der Waals surface area (Å²) in [6.07, 6.45) is 0.349. The van der Waals surface area contributed by atoms with Crippen molar-refractivity contribution in [3.63, 3.8) is 0 Å². The summed E-state index contributed by atoms with van der Waals surface area (Å²) in [5, 5.41) is 4.31. The number of nitrogens with zero attached hydrogens (tertiary/aromatic N) is 2. The summed E-state index contributed by atoms with van der Waals surface area (Å²) in [4.78, 5) is 2.32. The Morgan fingerprint density at radius 3 is 2.25 bits per heavy atom. The minimum atomic E-state index is 0.349. The quantitative estimate of drug-likeness (QED) is 0.680. The van der Waals surface area contributed by atoms with E-state index in [1.54, 1.807) is 0 Å². The maximum absolute atomic E-state index is 4.31. The summed E-state index contributed by atoms with van der Waals surface area (Å²) in [6.45, 7) is 10.9. The largest absolute Gasteiger partial charge is 0.335 e. The Morgan fingerprint density at radius 1 is 1.33 bits per heavy atom. The molecule has 12 heavy (non-hydrogen) atoms. The second kappa shape index (κ2) is 3.33. The first-order valence-corrected chi connectivity index (χ1v) is 4.65.